The molecule has 1 aromatic heterocycles. The molecule has 2 nitrogen and oxygen atoms in total. The van der Waals surface area contributed by atoms with Crippen molar-refractivity contribution >= 4 is 0 Å². The molecule has 0 fully saturated rings. The molecule has 0 saturated heterocycles. The summed E-state index contributed by atoms with van der Waals surface area (Å²) in [6.45, 7) is 6.02. The van der Waals surface area contributed by atoms with Crippen molar-refractivity contribution in [2.75, 3.05) is 0 Å². The van der Waals surface area contributed by atoms with E-state index in [1.807, 2.05) is 12.1 Å². The van der Waals surface area contributed by atoms with Gasteiger partial charge in [0.05, 0.1) is 0 Å². The Kier molecular flexibility index (Phi) is 6.87. The van der Waals surface area contributed by atoms with E-state index in [1.54, 1.807) is 13.1 Å². The Morgan fingerprint density at radius 2 is 2.08 bits per heavy atom. The van der Waals surface area contributed by atoms with Crippen molar-refractivity contribution in [1.29, 1.82) is 0 Å². The van der Waals surface area contributed by atoms with Crippen LogP contribution in [0.4, 0.5) is 0 Å². The first-order valence-corrected chi connectivity index (χ1v) is 4.05. The lowest BCUT2D eigenvalue weighted by molar-refractivity contribution is 1.01. The van der Waals surface area contributed by atoms with Crippen LogP contribution in [0, 0.1) is 11.8 Å². The number of hydrogen-bond acceptors (Lipinski definition) is 2. The van der Waals surface area contributed by atoms with Crippen molar-refractivity contribution in [3.05, 3.63) is 24.0 Å². The second-order valence-corrected chi connectivity index (χ2v) is 2.19. The summed E-state index contributed by atoms with van der Waals surface area (Å²) in [5.74, 6) is 5.52. The highest BCUT2D eigenvalue weighted by molar-refractivity contribution is 5.24. The van der Waals surface area contributed by atoms with E-state index in [0.717, 1.165) is 5.69 Å². The van der Waals surface area contributed by atoms with Gasteiger partial charge in [0, 0.05) is 6.20 Å². The largest absolute Gasteiger partial charge is 0.158 e. The summed E-state index contributed by atoms with van der Waals surface area (Å²) in [7, 11) is 0. The number of aromatic nitrogens is 2. The number of nitrogens with zero attached hydrogens (tertiary/aromatic N) is 2. The van der Waals surface area contributed by atoms with Gasteiger partial charge in [-0.25, -0.2) is 0 Å². The summed E-state index contributed by atoms with van der Waals surface area (Å²) < 4.78 is 0. The topological polar surface area (TPSA) is 25.8 Å². The summed E-state index contributed by atoms with van der Waals surface area (Å²) in [6.07, 6.45) is 2.88. The molecule has 1 heterocycles. The zero-order valence-corrected chi connectivity index (χ0v) is 7.83. The molecule has 0 saturated carbocycles. The Hall–Kier alpha value is -1.36. The number of rotatable bonds is 0. The molecule has 0 spiro atoms. The third-order valence-corrected chi connectivity index (χ3v) is 0.825. The zero-order valence-electron chi connectivity index (χ0n) is 7.83. The second-order valence-electron chi connectivity index (χ2n) is 2.19. The van der Waals surface area contributed by atoms with Crippen LogP contribution in [0.3, 0.4) is 0 Å². The summed E-state index contributed by atoms with van der Waals surface area (Å²) in [5.41, 5.74) is 0.722. The molecular formula is C10H14N2. The van der Waals surface area contributed by atoms with Gasteiger partial charge >= 0.3 is 0 Å². The first kappa shape index (κ1) is 10.6. The molecule has 0 aromatic carbocycles. The first-order valence-electron chi connectivity index (χ1n) is 4.05. The molecule has 0 aliphatic heterocycles. The van der Waals surface area contributed by atoms with E-state index in [0.29, 0.717) is 0 Å². The molecule has 0 aliphatic rings. The smallest absolute Gasteiger partial charge is 0.135 e. The van der Waals surface area contributed by atoms with E-state index in [9.17, 15) is 0 Å². The van der Waals surface area contributed by atoms with Crippen molar-refractivity contribution in [1.82, 2.24) is 10.2 Å². The van der Waals surface area contributed by atoms with Gasteiger partial charge in [-0.15, -0.1) is 5.10 Å². The fourth-order valence-electron chi connectivity index (χ4n) is 0.496. The van der Waals surface area contributed by atoms with Gasteiger partial charge in [-0.05, 0) is 25.0 Å². The van der Waals surface area contributed by atoms with Crippen molar-refractivity contribution in [2.24, 2.45) is 0 Å². The van der Waals surface area contributed by atoms with Crippen LogP contribution < -0.4 is 0 Å². The zero-order chi connectivity index (χ0) is 9.23. The lowest BCUT2D eigenvalue weighted by atomic mass is 10.4. The summed E-state index contributed by atoms with van der Waals surface area (Å²) in [6, 6.07) is 3.64. The van der Waals surface area contributed by atoms with Crippen LogP contribution >= 0.6 is 0 Å². The van der Waals surface area contributed by atoms with E-state index in [1.165, 1.54) is 6.42 Å². The van der Waals surface area contributed by atoms with E-state index >= 15 is 0 Å². The van der Waals surface area contributed by atoms with Gasteiger partial charge in [0.15, 0.2) is 0 Å². The molecule has 0 unspecified atom stereocenters. The summed E-state index contributed by atoms with van der Waals surface area (Å²) in [4.78, 5) is 0. The Labute approximate surface area is 74.0 Å². The van der Waals surface area contributed by atoms with Gasteiger partial charge < -0.3 is 0 Å². The van der Waals surface area contributed by atoms with Crippen LogP contribution in [0.5, 0.6) is 0 Å². The van der Waals surface area contributed by atoms with Crippen LogP contribution in [0.25, 0.3) is 0 Å². The lowest BCUT2D eigenvalue weighted by Crippen LogP contribution is -1.82. The van der Waals surface area contributed by atoms with Crippen molar-refractivity contribution in [2.45, 2.75) is 27.2 Å². The van der Waals surface area contributed by atoms with E-state index in [4.69, 9.17) is 0 Å². The molecule has 2 heteroatoms. The molecule has 1 rings (SSSR count). The van der Waals surface area contributed by atoms with Crippen molar-refractivity contribution < 1.29 is 0 Å². The molecule has 0 amide bonds. The van der Waals surface area contributed by atoms with Crippen LogP contribution in [-0.4, -0.2) is 10.2 Å². The average Bonchev–Trinajstić information content (AvgIpc) is 2.08. The molecule has 0 radical (unpaired) electrons. The number of hydrogen-bond donors (Lipinski definition) is 0. The third-order valence-electron chi connectivity index (χ3n) is 0.825. The highest BCUT2D eigenvalue weighted by Crippen LogP contribution is 1.84. The highest BCUT2D eigenvalue weighted by Gasteiger charge is 1.80. The quantitative estimate of drug-likeness (QED) is 0.547. The molecular weight excluding hydrogens is 148 g/mol. The van der Waals surface area contributed by atoms with Gasteiger partial charge in [-0.2, -0.15) is 5.10 Å². The molecule has 0 bridgehead atoms. The fourth-order valence-corrected chi connectivity index (χ4v) is 0.496. The molecule has 1 aromatic rings. The average molecular weight is 162 g/mol. The lowest BCUT2D eigenvalue weighted by Gasteiger charge is -1.81. The minimum Gasteiger partial charge on any atom is -0.158 e. The Balaban J connectivity index is 0.000000354. The van der Waals surface area contributed by atoms with Crippen LogP contribution in [0.1, 0.15) is 32.9 Å². The van der Waals surface area contributed by atoms with E-state index < -0.39 is 0 Å². The van der Waals surface area contributed by atoms with Gasteiger partial charge in [0.1, 0.15) is 5.69 Å². The maximum atomic E-state index is 3.74. The van der Waals surface area contributed by atoms with Crippen LogP contribution in [0.2, 0.25) is 0 Å². The monoisotopic (exact) mass is 162 g/mol. The molecule has 0 atom stereocenters. The van der Waals surface area contributed by atoms with Gasteiger partial charge in [-0.1, -0.05) is 26.2 Å². The minimum absolute atomic E-state index is 0.722. The first-order chi connectivity index (χ1) is 5.85. The van der Waals surface area contributed by atoms with Crippen molar-refractivity contribution in [3.8, 4) is 11.8 Å². The fraction of sp³-hybridized carbons (Fsp3) is 0.400. The second kappa shape index (κ2) is 7.74. The van der Waals surface area contributed by atoms with Gasteiger partial charge in [0.25, 0.3) is 0 Å². The Morgan fingerprint density at radius 3 is 2.50 bits per heavy atom. The minimum atomic E-state index is 0.722. The molecule has 0 N–H and O–H groups in total. The molecule has 0 aliphatic carbocycles. The Morgan fingerprint density at radius 1 is 1.42 bits per heavy atom. The van der Waals surface area contributed by atoms with E-state index in [2.05, 4.69) is 35.9 Å². The molecule has 12 heavy (non-hydrogen) atoms. The van der Waals surface area contributed by atoms with Crippen LogP contribution in [0.15, 0.2) is 18.3 Å². The standard InChI is InChI=1S/C7H6N2.C3H8/c1-2-4-7-5-3-6-8-9-7;1-3-2/h3,5-6H,1H3;3H2,1-2H3. The summed E-state index contributed by atoms with van der Waals surface area (Å²) in [5, 5.41) is 7.40. The van der Waals surface area contributed by atoms with Gasteiger partial charge in [-0.3, -0.25) is 0 Å². The third kappa shape index (κ3) is 5.43. The van der Waals surface area contributed by atoms with Crippen molar-refractivity contribution in [3.63, 3.8) is 0 Å². The van der Waals surface area contributed by atoms with Crippen LogP contribution in [-0.2, 0) is 0 Å². The maximum absolute atomic E-state index is 3.74. The maximum Gasteiger partial charge on any atom is 0.135 e. The SMILES string of the molecule is CC#Cc1cccnn1.CCC. The summed E-state index contributed by atoms with van der Waals surface area (Å²) >= 11 is 0. The predicted molar refractivity (Wildman–Crippen MR) is 50.5 cm³/mol. The Bertz CT molecular complexity index is 244. The van der Waals surface area contributed by atoms with Gasteiger partial charge in [0.2, 0.25) is 0 Å². The predicted octanol–water partition coefficient (Wildman–Crippen LogP) is 2.26. The van der Waals surface area contributed by atoms with E-state index in [-0.39, 0.29) is 0 Å². The molecule has 64 valence electrons. The normalized spacial score (nSPS) is 7.25. The highest BCUT2D eigenvalue weighted by atomic mass is 15.1.